The van der Waals surface area contributed by atoms with Crippen molar-refractivity contribution in [1.82, 2.24) is 20.1 Å². The second-order valence-corrected chi connectivity index (χ2v) is 8.02. The van der Waals surface area contributed by atoms with Gasteiger partial charge in [-0.25, -0.2) is 4.98 Å². The lowest BCUT2D eigenvalue weighted by Gasteiger charge is -2.36. The molecular formula is C22H25N5O2S. The molecule has 1 aromatic heterocycles. The molecule has 0 bridgehead atoms. The Morgan fingerprint density at radius 2 is 1.80 bits per heavy atom. The van der Waals surface area contributed by atoms with E-state index in [2.05, 4.69) is 32.2 Å². The lowest BCUT2D eigenvalue weighted by Crippen LogP contribution is -2.49. The molecule has 2 aromatic carbocycles. The maximum atomic E-state index is 12.6. The number of piperazine rings is 1. The first-order valence-corrected chi connectivity index (χ1v) is 10.9. The number of anilines is 1. The van der Waals surface area contributed by atoms with Gasteiger partial charge in [-0.1, -0.05) is 42.1 Å². The van der Waals surface area contributed by atoms with Crippen molar-refractivity contribution in [2.75, 3.05) is 43.9 Å². The number of nitrogens with zero attached hydrogens (tertiary/aromatic N) is 4. The standard InChI is InChI=1S/C22H25N5O2S/c1-29-19-9-7-17(8-10-19)15-20-23-22(25-24-20)30-16-21(28)27-13-11-26(12-14-27)18-5-3-2-4-6-18/h2-10H,11-16H2,1H3,(H,23,24,25). The van der Waals surface area contributed by atoms with Gasteiger partial charge >= 0.3 is 0 Å². The minimum absolute atomic E-state index is 0.134. The van der Waals surface area contributed by atoms with E-state index in [0.717, 1.165) is 43.3 Å². The summed E-state index contributed by atoms with van der Waals surface area (Å²) < 4.78 is 5.18. The van der Waals surface area contributed by atoms with Gasteiger partial charge in [0.1, 0.15) is 11.6 Å². The molecule has 1 saturated heterocycles. The van der Waals surface area contributed by atoms with Crippen molar-refractivity contribution in [2.24, 2.45) is 0 Å². The molecule has 1 amide bonds. The van der Waals surface area contributed by atoms with E-state index in [-0.39, 0.29) is 5.91 Å². The number of ether oxygens (including phenoxy) is 1. The highest BCUT2D eigenvalue weighted by Crippen LogP contribution is 2.19. The van der Waals surface area contributed by atoms with Crippen LogP contribution >= 0.6 is 11.8 Å². The molecule has 8 heteroatoms. The van der Waals surface area contributed by atoms with Gasteiger partial charge in [0.25, 0.3) is 0 Å². The fourth-order valence-electron chi connectivity index (χ4n) is 3.43. The number of para-hydroxylation sites is 1. The molecule has 0 saturated carbocycles. The molecule has 2 heterocycles. The average molecular weight is 424 g/mol. The number of benzene rings is 2. The Morgan fingerprint density at radius 3 is 2.50 bits per heavy atom. The summed E-state index contributed by atoms with van der Waals surface area (Å²) in [6.07, 6.45) is 0.660. The van der Waals surface area contributed by atoms with Gasteiger partial charge in [-0.3, -0.25) is 9.89 Å². The van der Waals surface area contributed by atoms with Crippen LogP contribution in [0.2, 0.25) is 0 Å². The Balaban J connectivity index is 1.23. The molecule has 156 valence electrons. The number of nitrogens with one attached hydrogen (secondary N) is 1. The SMILES string of the molecule is COc1ccc(Cc2nc(SCC(=O)N3CCN(c4ccccc4)CC3)n[nH]2)cc1. The molecule has 0 radical (unpaired) electrons. The summed E-state index contributed by atoms with van der Waals surface area (Å²) in [7, 11) is 1.65. The molecule has 4 rings (SSSR count). The Bertz CT molecular complexity index is 953. The van der Waals surface area contributed by atoms with E-state index in [9.17, 15) is 4.79 Å². The predicted molar refractivity (Wildman–Crippen MR) is 118 cm³/mol. The average Bonchev–Trinajstić information content (AvgIpc) is 3.26. The number of amides is 1. The molecule has 3 aromatic rings. The van der Waals surface area contributed by atoms with Crippen molar-refractivity contribution in [3.63, 3.8) is 0 Å². The maximum Gasteiger partial charge on any atom is 0.233 e. The number of rotatable bonds is 7. The fraction of sp³-hybridized carbons (Fsp3) is 0.318. The first kappa shape index (κ1) is 20.3. The molecule has 0 unspecified atom stereocenters. The van der Waals surface area contributed by atoms with Gasteiger partial charge < -0.3 is 14.5 Å². The maximum absolute atomic E-state index is 12.6. The molecule has 0 spiro atoms. The lowest BCUT2D eigenvalue weighted by molar-refractivity contribution is -0.128. The van der Waals surface area contributed by atoms with Crippen molar-refractivity contribution in [1.29, 1.82) is 0 Å². The summed E-state index contributed by atoms with van der Waals surface area (Å²) >= 11 is 1.38. The van der Waals surface area contributed by atoms with Crippen molar-refractivity contribution < 1.29 is 9.53 Å². The number of carbonyl (C=O) groups is 1. The van der Waals surface area contributed by atoms with Gasteiger partial charge in [0.15, 0.2) is 0 Å². The zero-order chi connectivity index (χ0) is 20.8. The largest absolute Gasteiger partial charge is 0.497 e. The van der Waals surface area contributed by atoms with Gasteiger partial charge in [0.05, 0.1) is 12.9 Å². The van der Waals surface area contributed by atoms with Crippen LogP contribution < -0.4 is 9.64 Å². The van der Waals surface area contributed by atoms with Gasteiger partial charge in [0, 0.05) is 38.3 Å². The highest BCUT2D eigenvalue weighted by molar-refractivity contribution is 7.99. The molecule has 0 atom stereocenters. The number of hydrogen-bond acceptors (Lipinski definition) is 6. The van der Waals surface area contributed by atoms with Crippen LogP contribution in [-0.4, -0.2) is 65.0 Å². The summed E-state index contributed by atoms with van der Waals surface area (Å²) in [5, 5.41) is 7.81. The van der Waals surface area contributed by atoms with E-state index < -0.39 is 0 Å². The van der Waals surface area contributed by atoms with Crippen LogP contribution in [0.5, 0.6) is 5.75 Å². The first-order chi connectivity index (χ1) is 14.7. The van der Waals surface area contributed by atoms with Gasteiger partial charge in [0.2, 0.25) is 11.1 Å². The molecule has 30 heavy (non-hydrogen) atoms. The number of aromatic amines is 1. The highest BCUT2D eigenvalue weighted by atomic mass is 32.2. The van der Waals surface area contributed by atoms with Crippen molar-refractivity contribution in [3.8, 4) is 5.75 Å². The molecule has 7 nitrogen and oxygen atoms in total. The summed E-state index contributed by atoms with van der Waals surface area (Å²) in [4.78, 5) is 21.3. The summed E-state index contributed by atoms with van der Waals surface area (Å²) in [5.74, 6) is 2.10. The Hall–Kier alpha value is -3.00. The molecular weight excluding hydrogens is 398 g/mol. The number of methoxy groups -OCH3 is 1. The lowest BCUT2D eigenvalue weighted by atomic mass is 10.1. The topological polar surface area (TPSA) is 74.3 Å². The van der Waals surface area contributed by atoms with E-state index in [1.807, 2.05) is 47.4 Å². The van der Waals surface area contributed by atoms with E-state index >= 15 is 0 Å². The van der Waals surface area contributed by atoms with Crippen LogP contribution in [0.15, 0.2) is 59.8 Å². The smallest absolute Gasteiger partial charge is 0.233 e. The second-order valence-electron chi connectivity index (χ2n) is 7.08. The van der Waals surface area contributed by atoms with E-state index in [1.165, 1.54) is 17.4 Å². The molecule has 1 aliphatic heterocycles. The number of thioether (sulfide) groups is 1. The van der Waals surface area contributed by atoms with Crippen LogP contribution in [0, 0.1) is 0 Å². The number of aromatic nitrogens is 3. The van der Waals surface area contributed by atoms with E-state index in [1.54, 1.807) is 7.11 Å². The quantitative estimate of drug-likeness (QED) is 0.589. The minimum atomic E-state index is 0.134. The minimum Gasteiger partial charge on any atom is -0.497 e. The molecule has 1 fully saturated rings. The summed E-state index contributed by atoms with van der Waals surface area (Å²) in [6.45, 7) is 3.19. The van der Waals surface area contributed by atoms with Gasteiger partial charge in [-0.05, 0) is 29.8 Å². The monoisotopic (exact) mass is 423 g/mol. The summed E-state index contributed by atoms with van der Waals surface area (Å²) in [5.41, 5.74) is 2.33. The van der Waals surface area contributed by atoms with Gasteiger partial charge in [-0.2, -0.15) is 0 Å². The van der Waals surface area contributed by atoms with Crippen LogP contribution in [-0.2, 0) is 11.2 Å². The van der Waals surface area contributed by atoms with E-state index in [0.29, 0.717) is 17.3 Å². The van der Waals surface area contributed by atoms with Crippen molar-refractivity contribution >= 4 is 23.4 Å². The highest BCUT2D eigenvalue weighted by Gasteiger charge is 2.21. The van der Waals surface area contributed by atoms with Gasteiger partial charge in [-0.15, -0.1) is 5.10 Å². The third-order valence-electron chi connectivity index (χ3n) is 5.12. The van der Waals surface area contributed by atoms with Crippen LogP contribution in [0.4, 0.5) is 5.69 Å². The molecule has 1 N–H and O–H groups in total. The zero-order valence-electron chi connectivity index (χ0n) is 17.0. The Kier molecular flexibility index (Phi) is 6.53. The predicted octanol–water partition coefficient (Wildman–Crippen LogP) is 2.85. The van der Waals surface area contributed by atoms with Crippen LogP contribution in [0.3, 0.4) is 0 Å². The fourth-order valence-corrected chi connectivity index (χ4v) is 4.15. The van der Waals surface area contributed by atoms with E-state index in [4.69, 9.17) is 4.74 Å². The third kappa shape index (κ3) is 5.13. The van der Waals surface area contributed by atoms with Crippen molar-refractivity contribution in [2.45, 2.75) is 11.6 Å². The van der Waals surface area contributed by atoms with Crippen molar-refractivity contribution in [3.05, 3.63) is 66.0 Å². The molecule has 0 aliphatic carbocycles. The van der Waals surface area contributed by atoms with Crippen LogP contribution in [0.25, 0.3) is 0 Å². The first-order valence-electron chi connectivity index (χ1n) is 9.96. The molecule has 1 aliphatic rings. The Morgan fingerprint density at radius 1 is 1.07 bits per heavy atom. The summed E-state index contributed by atoms with van der Waals surface area (Å²) in [6, 6.07) is 18.2. The number of H-pyrrole nitrogens is 1. The number of hydrogen-bond donors (Lipinski definition) is 1. The third-order valence-corrected chi connectivity index (χ3v) is 5.95. The van der Waals surface area contributed by atoms with Crippen LogP contribution in [0.1, 0.15) is 11.4 Å². The normalized spacial score (nSPS) is 14.0. The Labute approximate surface area is 180 Å². The second kappa shape index (κ2) is 9.67. The zero-order valence-corrected chi connectivity index (χ0v) is 17.8. The number of carbonyl (C=O) groups excluding carboxylic acids is 1.